The van der Waals surface area contributed by atoms with Crippen LogP contribution in [0.1, 0.15) is 46.5 Å². The molecule has 3 unspecified atom stereocenters. The molecule has 0 bridgehead atoms. The molecule has 2 heterocycles. The van der Waals surface area contributed by atoms with Crippen LogP contribution in [0.25, 0.3) is 0 Å². The van der Waals surface area contributed by atoms with Crippen LogP contribution in [0.5, 0.6) is 0 Å². The second-order valence-electron chi connectivity index (χ2n) is 6.42. The van der Waals surface area contributed by atoms with Gasteiger partial charge in [0.1, 0.15) is 0 Å². The number of nitrogens with zero attached hydrogens (tertiary/aromatic N) is 1. The van der Waals surface area contributed by atoms with Gasteiger partial charge in [-0.2, -0.15) is 17.4 Å². The van der Waals surface area contributed by atoms with E-state index in [1.807, 2.05) is 6.92 Å². The Labute approximate surface area is 128 Å². The van der Waals surface area contributed by atoms with Crippen molar-refractivity contribution in [3.8, 4) is 0 Å². The van der Waals surface area contributed by atoms with Gasteiger partial charge in [-0.05, 0) is 26.2 Å². The summed E-state index contributed by atoms with van der Waals surface area (Å²) in [6.45, 7) is 8.05. The Bertz CT molecular complexity index is 427. The summed E-state index contributed by atoms with van der Waals surface area (Å²) in [5.41, 5.74) is 0. The summed E-state index contributed by atoms with van der Waals surface area (Å²) in [5.74, 6) is 0. The molecule has 2 saturated heterocycles. The van der Waals surface area contributed by atoms with Crippen molar-refractivity contribution in [3.05, 3.63) is 0 Å². The molecule has 2 aliphatic rings. The van der Waals surface area contributed by atoms with Crippen LogP contribution in [0, 0.1) is 0 Å². The summed E-state index contributed by atoms with van der Waals surface area (Å²) >= 11 is 0. The molecule has 2 aliphatic heterocycles. The van der Waals surface area contributed by atoms with Gasteiger partial charge >= 0.3 is 0 Å². The van der Waals surface area contributed by atoms with Crippen LogP contribution in [0.15, 0.2) is 0 Å². The van der Waals surface area contributed by atoms with Crippen molar-refractivity contribution in [2.24, 2.45) is 0 Å². The van der Waals surface area contributed by atoms with E-state index in [4.69, 9.17) is 4.74 Å². The number of rotatable bonds is 6. The van der Waals surface area contributed by atoms with E-state index in [-0.39, 0.29) is 18.2 Å². The van der Waals surface area contributed by atoms with Crippen molar-refractivity contribution in [2.45, 2.75) is 70.7 Å². The average molecular weight is 319 g/mol. The highest BCUT2D eigenvalue weighted by molar-refractivity contribution is 7.87. The van der Waals surface area contributed by atoms with E-state index in [1.54, 1.807) is 4.31 Å². The largest absolute Gasteiger partial charge is 0.377 e. The molecule has 2 fully saturated rings. The predicted octanol–water partition coefficient (Wildman–Crippen LogP) is 0.851. The average Bonchev–Trinajstić information content (AvgIpc) is 2.81. The fraction of sp³-hybridized carbons (Fsp3) is 1.00. The van der Waals surface area contributed by atoms with Gasteiger partial charge in [0.15, 0.2) is 0 Å². The van der Waals surface area contributed by atoms with E-state index in [1.165, 1.54) is 0 Å². The lowest BCUT2D eigenvalue weighted by atomic mass is 10.0. The minimum atomic E-state index is -3.43. The molecule has 0 aromatic heterocycles. The maximum atomic E-state index is 12.7. The molecule has 0 aliphatic carbocycles. The SMILES string of the molecule is CC(C)NCC1CCCCN1S(=O)(=O)NC1CCOC1C. The molecule has 2 rings (SSSR count). The standard InChI is InChI=1S/C14H29N3O3S/c1-11(2)15-10-13-6-4-5-8-17(13)21(18,19)16-14-7-9-20-12(14)3/h11-16H,4-10H2,1-3H3. The van der Waals surface area contributed by atoms with Crippen molar-refractivity contribution >= 4 is 10.2 Å². The zero-order valence-electron chi connectivity index (χ0n) is 13.3. The second-order valence-corrected chi connectivity index (χ2v) is 8.07. The number of nitrogens with one attached hydrogen (secondary N) is 2. The highest BCUT2D eigenvalue weighted by Crippen LogP contribution is 2.21. The maximum Gasteiger partial charge on any atom is 0.280 e. The van der Waals surface area contributed by atoms with Gasteiger partial charge in [-0.15, -0.1) is 0 Å². The first-order valence-corrected chi connectivity index (χ1v) is 9.48. The van der Waals surface area contributed by atoms with Crippen molar-refractivity contribution in [3.63, 3.8) is 0 Å². The molecule has 0 spiro atoms. The van der Waals surface area contributed by atoms with E-state index in [2.05, 4.69) is 23.9 Å². The summed E-state index contributed by atoms with van der Waals surface area (Å²) in [7, 11) is -3.43. The van der Waals surface area contributed by atoms with Gasteiger partial charge in [0.25, 0.3) is 10.2 Å². The fourth-order valence-electron chi connectivity index (χ4n) is 3.01. The molecule has 7 heteroatoms. The van der Waals surface area contributed by atoms with Crippen LogP contribution >= 0.6 is 0 Å². The minimum Gasteiger partial charge on any atom is -0.377 e. The van der Waals surface area contributed by atoms with Crippen LogP contribution in [0.2, 0.25) is 0 Å². The normalized spacial score (nSPS) is 31.9. The Morgan fingerprint density at radius 2 is 2.05 bits per heavy atom. The number of piperidine rings is 1. The molecular formula is C14H29N3O3S. The zero-order chi connectivity index (χ0) is 15.5. The van der Waals surface area contributed by atoms with Crippen molar-refractivity contribution in [1.29, 1.82) is 0 Å². The molecule has 0 aromatic rings. The molecule has 0 radical (unpaired) electrons. The van der Waals surface area contributed by atoms with Gasteiger partial charge in [0.2, 0.25) is 0 Å². The molecule has 0 amide bonds. The van der Waals surface area contributed by atoms with Crippen molar-refractivity contribution in [1.82, 2.24) is 14.3 Å². The topological polar surface area (TPSA) is 70.7 Å². The maximum absolute atomic E-state index is 12.7. The van der Waals surface area contributed by atoms with Gasteiger partial charge in [0.05, 0.1) is 12.1 Å². The Balaban J connectivity index is 2.00. The Morgan fingerprint density at radius 1 is 1.29 bits per heavy atom. The van der Waals surface area contributed by atoms with E-state index in [0.717, 1.165) is 32.2 Å². The van der Waals surface area contributed by atoms with E-state index >= 15 is 0 Å². The molecule has 0 saturated carbocycles. The summed E-state index contributed by atoms with van der Waals surface area (Å²) in [5, 5.41) is 3.36. The number of hydrogen-bond acceptors (Lipinski definition) is 4. The first kappa shape index (κ1) is 17.1. The Kier molecular flexibility index (Phi) is 6.02. The predicted molar refractivity (Wildman–Crippen MR) is 83.4 cm³/mol. The van der Waals surface area contributed by atoms with Crippen LogP contribution in [0.3, 0.4) is 0 Å². The van der Waals surface area contributed by atoms with Gasteiger partial charge in [-0.25, -0.2) is 0 Å². The molecule has 124 valence electrons. The lowest BCUT2D eigenvalue weighted by Gasteiger charge is -2.36. The van der Waals surface area contributed by atoms with Crippen molar-refractivity contribution in [2.75, 3.05) is 19.7 Å². The fourth-order valence-corrected chi connectivity index (χ4v) is 4.78. The quantitative estimate of drug-likeness (QED) is 0.761. The summed E-state index contributed by atoms with van der Waals surface area (Å²) in [6, 6.07) is 0.319. The van der Waals surface area contributed by atoms with E-state index in [9.17, 15) is 8.42 Å². The highest BCUT2D eigenvalue weighted by Gasteiger charge is 2.36. The summed E-state index contributed by atoms with van der Waals surface area (Å²) in [6.07, 6.45) is 3.67. The third-order valence-electron chi connectivity index (χ3n) is 4.32. The second kappa shape index (κ2) is 7.37. The van der Waals surface area contributed by atoms with Gasteiger partial charge < -0.3 is 10.1 Å². The third kappa shape index (κ3) is 4.63. The van der Waals surface area contributed by atoms with E-state index in [0.29, 0.717) is 19.2 Å². The van der Waals surface area contributed by atoms with E-state index < -0.39 is 10.2 Å². The third-order valence-corrected chi connectivity index (χ3v) is 6.02. The zero-order valence-corrected chi connectivity index (χ0v) is 14.2. The molecule has 0 aromatic carbocycles. The Morgan fingerprint density at radius 3 is 2.67 bits per heavy atom. The first-order valence-electron chi connectivity index (χ1n) is 8.04. The summed E-state index contributed by atoms with van der Waals surface area (Å²) < 4.78 is 35.3. The van der Waals surface area contributed by atoms with Gasteiger partial charge in [-0.3, -0.25) is 0 Å². The van der Waals surface area contributed by atoms with Crippen LogP contribution in [-0.2, 0) is 14.9 Å². The first-order chi connectivity index (χ1) is 9.90. The summed E-state index contributed by atoms with van der Waals surface area (Å²) in [4.78, 5) is 0. The molecular weight excluding hydrogens is 290 g/mol. The highest BCUT2D eigenvalue weighted by atomic mass is 32.2. The minimum absolute atomic E-state index is 0.0446. The smallest absolute Gasteiger partial charge is 0.280 e. The van der Waals surface area contributed by atoms with Crippen molar-refractivity contribution < 1.29 is 13.2 Å². The van der Waals surface area contributed by atoms with Crippen LogP contribution in [-0.4, -0.2) is 56.6 Å². The molecule has 2 N–H and O–H groups in total. The molecule has 6 nitrogen and oxygen atoms in total. The number of hydrogen-bond donors (Lipinski definition) is 2. The molecule has 3 atom stereocenters. The van der Waals surface area contributed by atoms with Gasteiger partial charge in [-0.1, -0.05) is 20.3 Å². The lowest BCUT2D eigenvalue weighted by molar-refractivity contribution is 0.116. The Hall–Kier alpha value is -0.210. The van der Waals surface area contributed by atoms with Crippen LogP contribution in [0.4, 0.5) is 0 Å². The number of ether oxygens (including phenoxy) is 1. The van der Waals surface area contributed by atoms with Gasteiger partial charge in [0, 0.05) is 31.8 Å². The van der Waals surface area contributed by atoms with Crippen LogP contribution < -0.4 is 10.0 Å². The lowest BCUT2D eigenvalue weighted by Crippen LogP contribution is -2.55. The molecule has 21 heavy (non-hydrogen) atoms. The monoisotopic (exact) mass is 319 g/mol.